The van der Waals surface area contributed by atoms with Crippen molar-refractivity contribution in [2.45, 2.75) is 25.8 Å². The highest BCUT2D eigenvalue weighted by Crippen LogP contribution is 2.12. The van der Waals surface area contributed by atoms with E-state index in [1.54, 1.807) is 18.2 Å². The smallest absolute Gasteiger partial charge is 0.326 e. The summed E-state index contributed by atoms with van der Waals surface area (Å²) in [6.07, 6.45) is 2.45. The minimum Gasteiger partial charge on any atom is -0.484 e. The van der Waals surface area contributed by atoms with Gasteiger partial charge in [-0.1, -0.05) is 18.2 Å². The normalized spacial score (nSPS) is 11.4. The third-order valence-corrected chi connectivity index (χ3v) is 2.65. The van der Waals surface area contributed by atoms with Crippen molar-refractivity contribution in [3.05, 3.63) is 42.5 Å². The van der Waals surface area contributed by atoms with Gasteiger partial charge in [-0.2, -0.15) is 0 Å². The Morgan fingerprint density at radius 2 is 2.25 bits per heavy atom. The number of aliphatic carboxylic acids is 1. The minimum absolute atomic E-state index is 0.207. The number of carbonyl (C=O) groups excluding carboxylic acids is 1. The monoisotopic (exact) mass is 277 g/mol. The lowest BCUT2D eigenvalue weighted by Gasteiger charge is -2.14. The Hall–Kier alpha value is -2.30. The van der Waals surface area contributed by atoms with E-state index in [2.05, 4.69) is 11.9 Å². The highest BCUT2D eigenvalue weighted by Gasteiger charge is 2.19. The van der Waals surface area contributed by atoms with Crippen molar-refractivity contribution in [2.24, 2.45) is 0 Å². The second-order valence-electron chi connectivity index (χ2n) is 4.43. The number of carboxylic acids is 1. The Kier molecular flexibility index (Phi) is 6.29. The molecule has 1 unspecified atom stereocenters. The van der Waals surface area contributed by atoms with E-state index in [1.807, 2.05) is 19.1 Å². The fourth-order valence-electron chi connectivity index (χ4n) is 1.63. The molecule has 0 fully saturated rings. The summed E-state index contributed by atoms with van der Waals surface area (Å²) in [5.74, 6) is -0.933. The van der Waals surface area contributed by atoms with Crippen LogP contribution in [0.3, 0.4) is 0 Å². The molecule has 0 heterocycles. The number of carbonyl (C=O) groups is 2. The van der Waals surface area contributed by atoms with E-state index in [4.69, 9.17) is 9.84 Å². The number of benzene rings is 1. The van der Waals surface area contributed by atoms with E-state index in [0.29, 0.717) is 18.6 Å². The fourth-order valence-corrected chi connectivity index (χ4v) is 1.63. The maximum Gasteiger partial charge on any atom is 0.326 e. The largest absolute Gasteiger partial charge is 0.484 e. The molecule has 1 rings (SSSR count). The van der Waals surface area contributed by atoms with Crippen molar-refractivity contribution in [1.82, 2.24) is 5.32 Å². The van der Waals surface area contributed by atoms with Crippen molar-refractivity contribution < 1.29 is 19.4 Å². The summed E-state index contributed by atoms with van der Waals surface area (Å²) >= 11 is 0. The van der Waals surface area contributed by atoms with Crippen LogP contribution >= 0.6 is 0 Å². The molecule has 0 aliphatic heterocycles. The summed E-state index contributed by atoms with van der Waals surface area (Å²) in [4.78, 5) is 22.6. The molecule has 0 radical (unpaired) electrons. The number of ether oxygens (including phenoxy) is 1. The van der Waals surface area contributed by atoms with Gasteiger partial charge in [-0.05, 0) is 37.5 Å². The van der Waals surface area contributed by atoms with Gasteiger partial charge in [0, 0.05) is 0 Å². The molecule has 0 aliphatic rings. The first-order chi connectivity index (χ1) is 9.52. The number of aryl methyl sites for hydroxylation is 1. The molecule has 0 aliphatic carbocycles. The van der Waals surface area contributed by atoms with E-state index in [-0.39, 0.29) is 6.61 Å². The van der Waals surface area contributed by atoms with Crippen LogP contribution in [0.15, 0.2) is 36.9 Å². The van der Waals surface area contributed by atoms with Crippen molar-refractivity contribution >= 4 is 11.9 Å². The number of rotatable bonds is 8. The van der Waals surface area contributed by atoms with Gasteiger partial charge in [0.05, 0.1) is 0 Å². The summed E-state index contributed by atoms with van der Waals surface area (Å²) < 4.78 is 5.31. The predicted molar refractivity (Wildman–Crippen MR) is 75.7 cm³/mol. The molecule has 108 valence electrons. The summed E-state index contributed by atoms with van der Waals surface area (Å²) in [7, 11) is 0. The van der Waals surface area contributed by atoms with E-state index < -0.39 is 17.9 Å². The van der Waals surface area contributed by atoms with Gasteiger partial charge in [-0.25, -0.2) is 4.79 Å². The first-order valence-electron chi connectivity index (χ1n) is 6.35. The van der Waals surface area contributed by atoms with Crippen LogP contribution in [0.1, 0.15) is 18.4 Å². The number of nitrogens with one attached hydrogen (secondary N) is 1. The van der Waals surface area contributed by atoms with Crippen LogP contribution in [0.5, 0.6) is 5.75 Å². The second kappa shape index (κ2) is 7.99. The first-order valence-corrected chi connectivity index (χ1v) is 6.35. The molecule has 1 aromatic rings. The fraction of sp³-hybridized carbons (Fsp3) is 0.333. The lowest BCUT2D eigenvalue weighted by molar-refractivity contribution is -0.142. The predicted octanol–water partition coefficient (Wildman–Crippen LogP) is 1.91. The van der Waals surface area contributed by atoms with Crippen LogP contribution in [-0.4, -0.2) is 29.6 Å². The summed E-state index contributed by atoms with van der Waals surface area (Å²) in [6, 6.07) is 6.38. The number of carboxylic acid groups (broad SMARTS) is 1. The van der Waals surface area contributed by atoms with Gasteiger partial charge in [0.25, 0.3) is 5.91 Å². The van der Waals surface area contributed by atoms with E-state index >= 15 is 0 Å². The Balaban J connectivity index is 2.45. The lowest BCUT2D eigenvalue weighted by Crippen LogP contribution is -2.42. The standard InChI is InChI=1S/C15H19NO4/c1-3-4-8-13(15(18)19)16-14(17)10-20-12-7-5-6-11(2)9-12/h3,5-7,9,13H,1,4,8,10H2,2H3,(H,16,17)(H,18,19). The maximum atomic E-state index is 11.7. The first kappa shape index (κ1) is 15.8. The molecular weight excluding hydrogens is 258 g/mol. The summed E-state index contributed by atoms with van der Waals surface area (Å²) in [5.41, 5.74) is 1.03. The number of amides is 1. The molecule has 0 aromatic heterocycles. The highest BCUT2D eigenvalue weighted by molar-refractivity contribution is 5.84. The van der Waals surface area contributed by atoms with Crippen molar-refractivity contribution in [3.63, 3.8) is 0 Å². The molecule has 1 amide bonds. The highest BCUT2D eigenvalue weighted by atomic mass is 16.5. The molecule has 2 N–H and O–H groups in total. The van der Waals surface area contributed by atoms with Gasteiger partial charge in [-0.15, -0.1) is 6.58 Å². The van der Waals surface area contributed by atoms with E-state index in [9.17, 15) is 9.59 Å². The minimum atomic E-state index is -1.06. The molecule has 0 bridgehead atoms. The molecular formula is C15H19NO4. The number of allylic oxidation sites excluding steroid dienone is 1. The van der Waals surface area contributed by atoms with Crippen LogP contribution in [0.2, 0.25) is 0 Å². The molecule has 5 nitrogen and oxygen atoms in total. The molecule has 1 aromatic carbocycles. The maximum absolute atomic E-state index is 11.7. The molecule has 20 heavy (non-hydrogen) atoms. The Bertz CT molecular complexity index is 485. The van der Waals surface area contributed by atoms with Gasteiger partial charge in [-0.3, -0.25) is 4.79 Å². The zero-order chi connectivity index (χ0) is 15.0. The second-order valence-corrected chi connectivity index (χ2v) is 4.43. The van der Waals surface area contributed by atoms with Crippen LogP contribution in [0, 0.1) is 6.92 Å². The van der Waals surface area contributed by atoms with Gasteiger partial charge in [0.1, 0.15) is 11.8 Å². The van der Waals surface area contributed by atoms with Gasteiger partial charge < -0.3 is 15.2 Å². The summed E-state index contributed by atoms with van der Waals surface area (Å²) in [5, 5.41) is 11.4. The Labute approximate surface area is 118 Å². The van der Waals surface area contributed by atoms with Gasteiger partial charge >= 0.3 is 5.97 Å². The van der Waals surface area contributed by atoms with E-state index in [1.165, 1.54) is 0 Å². The van der Waals surface area contributed by atoms with E-state index in [0.717, 1.165) is 5.56 Å². The van der Waals surface area contributed by atoms with Crippen molar-refractivity contribution in [2.75, 3.05) is 6.61 Å². The molecule has 0 spiro atoms. The third-order valence-electron chi connectivity index (χ3n) is 2.65. The van der Waals surface area contributed by atoms with Crippen molar-refractivity contribution in [3.8, 4) is 5.75 Å². The van der Waals surface area contributed by atoms with Crippen LogP contribution < -0.4 is 10.1 Å². The molecule has 1 atom stereocenters. The topological polar surface area (TPSA) is 75.6 Å². The third kappa shape index (κ3) is 5.56. The average Bonchev–Trinajstić information content (AvgIpc) is 2.41. The average molecular weight is 277 g/mol. The lowest BCUT2D eigenvalue weighted by atomic mass is 10.1. The Morgan fingerprint density at radius 3 is 2.85 bits per heavy atom. The van der Waals surface area contributed by atoms with Gasteiger partial charge in [0.2, 0.25) is 0 Å². The zero-order valence-corrected chi connectivity index (χ0v) is 11.5. The number of hydrogen-bond donors (Lipinski definition) is 2. The van der Waals surface area contributed by atoms with Crippen molar-refractivity contribution in [1.29, 1.82) is 0 Å². The SMILES string of the molecule is C=CCCC(NC(=O)COc1cccc(C)c1)C(=O)O. The molecule has 0 saturated carbocycles. The number of hydrogen-bond acceptors (Lipinski definition) is 3. The zero-order valence-electron chi connectivity index (χ0n) is 11.5. The van der Waals surface area contributed by atoms with Gasteiger partial charge in [0.15, 0.2) is 6.61 Å². The quantitative estimate of drug-likeness (QED) is 0.712. The molecule has 5 heteroatoms. The Morgan fingerprint density at radius 1 is 1.50 bits per heavy atom. The van der Waals surface area contributed by atoms with Crippen LogP contribution in [0.25, 0.3) is 0 Å². The molecule has 0 saturated heterocycles. The van der Waals surface area contributed by atoms with Crippen LogP contribution in [-0.2, 0) is 9.59 Å². The van der Waals surface area contributed by atoms with Crippen LogP contribution in [0.4, 0.5) is 0 Å². The summed E-state index contributed by atoms with van der Waals surface area (Å²) in [6.45, 7) is 5.24.